The molecule has 0 fully saturated rings. The van der Waals surface area contributed by atoms with E-state index < -0.39 is 17.9 Å². The van der Waals surface area contributed by atoms with E-state index in [0.29, 0.717) is 0 Å². The Morgan fingerprint density at radius 2 is 2.00 bits per heavy atom. The minimum atomic E-state index is -1.06. The number of hydrogen-bond donors (Lipinski definition) is 2. The maximum Gasteiger partial charge on any atom is 0.327 e. The fourth-order valence-electron chi connectivity index (χ4n) is 1.74. The van der Waals surface area contributed by atoms with Gasteiger partial charge in [0.05, 0.1) is 5.56 Å². The smallest absolute Gasteiger partial charge is 0.327 e. The second kappa shape index (κ2) is 4.29. The van der Waals surface area contributed by atoms with Gasteiger partial charge in [-0.15, -0.1) is 0 Å². The number of phenolic OH excluding ortho intramolecular Hbond substituents is 1. The van der Waals surface area contributed by atoms with Crippen LogP contribution >= 0.6 is 0 Å². The summed E-state index contributed by atoms with van der Waals surface area (Å²) < 4.78 is 0. The highest BCUT2D eigenvalue weighted by atomic mass is 16.4. The normalized spacial score (nSPS) is 18.4. The van der Waals surface area contributed by atoms with Crippen LogP contribution in [0.5, 0.6) is 5.75 Å². The number of aliphatic carboxylic acids is 1. The maximum atomic E-state index is 12.0. The van der Waals surface area contributed by atoms with Crippen molar-refractivity contribution < 1.29 is 19.8 Å². The Morgan fingerprint density at radius 3 is 2.65 bits per heavy atom. The molecule has 88 valence electrons. The zero-order valence-corrected chi connectivity index (χ0v) is 8.91. The Balaban J connectivity index is 2.29. The Morgan fingerprint density at radius 1 is 1.29 bits per heavy atom. The average molecular weight is 233 g/mol. The molecule has 5 heteroatoms. The molecule has 1 aliphatic rings. The van der Waals surface area contributed by atoms with Crippen LogP contribution in [-0.4, -0.2) is 33.0 Å². The molecule has 0 saturated heterocycles. The van der Waals surface area contributed by atoms with E-state index in [1.165, 1.54) is 18.3 Å². The largest absolute Gasteiger partial charge is 0.507 e. The lowest BCUT2D eigenvalue weighted by atomic mass is 10.1. The number of carbonyl (C=O) groups is 2. The van der Waals surface area contributed by atoms with Crippen LogP contribution in [0.25, 0.3) is 0 Å². The Labute approximate surface area is 97.6 Å². The molecule has 0 saturated carbocycles. The number of phenols is 1. The summed E-state index contributed by atoms with van der Waals surface area (Å²) in [5, 5.41) is 18.5. The molecule has 1 amide bonds. The van der Waals surface area contributed by atoms with Gasteiger partial charge in [0.25, 0.3) is 5.91 Å². The number of rotatable bonds is 2. The van der Waals surface area contributed by atoms with Crippen LogP contribution in [0.2, 0.25) is 0 Å². The molecule has 2 rings (SSSR count). The number of amides is 1. The molecule has 17 heavy (non-hydrogen) atoms. The lowest BCUT2D eigenvalue weighted by Gasteiger charge is -2.20. The lowest BCUT2D eigenvalue weighted by molar-refractivity contribution is -0.141. The highest BCUT2D eigenvalue weighted by Crippen LogP contribution is 2.23. The summed E-state index contributed by atoms with van der Waals surface area (Å²) in [6, 6.07) is 5.18. The van der Waals surface area contributed by atoms with Gasteiger partial charge in [-0.1, -0.05) is 18.2 Å². The summed E-state index contributed by atoms with van der Waals surface area (Å²) in [4.78, 5) is 24.1. The number of nitrogens with zero attached hydrogens (tertiary/aromatic N) is 1. The minimum Gasteiger partial charge on any atom is -0.507 e. The van der Waals surface area contributed by atoms with Crippen LogP contribution in [0.15, 0.2) is 36.5 Å². The van der Waals surface area contributed by atoms with E-state index >= 15 is 0 Å². The molecule has 0 bridgehead atoms. The molecule has 0 aliphatic carbocycles. The number of benzene rings is 1. The number of carboxylic acids is 1. The molecule has 5 nitrogen and oxygen atoms in total. The molecule has 2 N–H and O–H groups in total. The summed E-state index contributed by atoms with van der Waals surface area (Å²) in [7, 11) is 0. The van der Waals surface area contributed by atoms with Crippen LogP contribution in [0.4, 0.5) is 0 Å². The van der Waals surface area contributed by atoms with Crippen molar-refractivity contribution in [2.75, 3.05) is 0 Å². The summed E-state index contributed by atoms with van der Waals surface area (Å²) in [5.74, 6) is -1.72. The predicted molar refractivity (Wildman–Crippen MR) is 59.5 cm³/mol. The van der Waals surface area contributed by atoms with E-state index in [1.807, 2.05) is 0 Å². The molecule has 1 aromatic carbocycles. The van der Waals surface area contributed by atoms with Gasteiger partial charge in [-0.25, -0.2) is 4.79 Å². The number of carbonyl (C=O) groups excluding carboxylic acids is 1. The van der Waals surface area contributed by atoms with Crippen molar-refractivity contribution in [2.24, 2.45) is 0 Å². The number of para-hydroxylation sites is 1. The molecule has 0 spiro atoms. The number of hydrogen-bond acceptors (Lipinski definition) is 3. The molecule has 1 unspecified atom stereocenters. The van der Waals surface area contributed by atoms with Crippen molar-refractivity contribution in [1.82, 2.24) is 4.90 Å². The van der Waals surface area contributed by atoms with Crippen molar-refractivity contribution >= 4 is 11.9 Å². The van der Waals surface area contributed by atoms with E-state index in [0.717, 1.165) is 4.90 Å². The molecule has 1 aromatic rings. The fourth-order valence-corrected chi connectivity index (χ4v) is 1.74. The zero-order chi connectivity index (χ0) is 12.4. The van der Waals surface area contributed by atoms with E-state index in [9.17, 15) is 14.7 Å². The number of carboxylic acid groups (broad SMARTS) is 1. The van der Waals surface area contributed by atoms with Gasteiger partial charge in [-0.2, -0.15) is 0 Å². The summed E-state index contributed by atoms with van der Waals surface area (Å²) in [5.41, 5.74) is 0.102. The second-order valence-electron chi connectivity index (χ2n) is 3.70. The molecule has 0 aromatic heterocycles. The maximum absolute atomic E-state index is 12.0. The molecule has 1 heterocycles. The number of aromatic hydroxyl groups is 1. The summed E-state index contributed by atoms with van der Waals surface area (Å²) in [6.07, 6.45) is 3.35. The van der Waals surface area contributed by atoms with E-state index in [1.54, 1.807) is 18.2 Å². The van der Waals surface area contributed by atoms with Gasteiger partial charge >= 0.3 is 5.97 Å². The standard InChI is InChI=1S/C12H11NO4/c14-10-6-2-1-4-8(10)11(15)13-7-3-5-9(13)12(16)17/h1-4,6-7,9,14H,5H2,(H,16,17). The molecule has 1 aliphatic heterocycles. The van der Waals surface area contributed by atoms with Crippen LogP contribution in [0, 0.1) is 0 Å². The van der Waals surface area contributed by atoms with Gasteiger partial charge in [0.1, 0.15) is 11.8 Å². The Kier molecular flexibility index (Phi) is 2.82. The van der Waals surface area contributed by atoms with E-state index in [4.69, 9.17) is 5.11 Å². The van der Waals surface area contributed by atoms with Gasteiger partial charge in [0.15, 0.2) is 0 Å². The summed E-state index contributed by atoms with van der Waals surface area (Å²) in [6.45, 7) is 0. The first kappa shape index (κ1) is 11.2. The van der Waals surface area contributed by atoms with E-state index in [2.05, 4.69) is 0 Å². The van der Waals surface area contributed by atoms with Gasteiger partial charge in [0, 0.05) is 6.20 Å². The van der Waals surface area contributed by atoms with Crippen molar-refractivity contribution in [1.29, 1.82) is 0 Å². The first-order chi connectivity index (χ1) is 8.11. The second-order valence-corrected chi connectivity index (χ2v) is 3.70. The summed E-state index contributed by atoms with van der Waals surface area (Å²) >= 11 is 0. The Hall–Kier alpha value is -2.30. The monoisotopic (exact) mass is 233 g/mol. The van der Waals surface area contributed by atoms with Crippen molar-refractivity contribution in [3.8, 4) is 5.75 Å². The third kappa shape index (κ3) is 1.99. The van der Waals surface area contributed by atoms with Crippen molar-refractivity contribution in [3.05, 3.63) is 42.1 Å². The quantitative estimate of drug-likeness (QED) is 0.804. The molecule has 1 atom stereocenters. The van der Waals surface area contributed by atoms with Gasteiger partial charge in [0.2, 0.25) is 0 Å². The van der Waals surface area contributed by atoms with Crippen LogP contribution in [0.1, 0.15) is 16.8 Å². The van der Waals surface area contributed by atoms with Crippen LogP contribution < -0.4 is 0 Å². The van der Waals surface area contributed by atoms with Crippen molar-refractivity contribution in [3.63, 3.8) is 0 Å². The first-order valence-corrected chi connectivity index (χ1v) is 5.11. The van der Waals surface area contributed by atoms with Gasteiger partial charge in [-0.05, 0) is 18.6 Å². The van der Waals surface area contributed by atoms with Crippen LogP contribution in [0.3, 0.4) is 0 Å². The lowest BCUT2D eigenvalue weighted by Crippen LogP contribution is -2.38. The topological polar surface area (TPSA) is 77.8 Å². The van der Waals surface area contributed by atoms with Crippen LogP contribution in [-0.2, 0) is 4.79 Å². The van der Waals surface area contributed by atoms with Crippen molar-refractivity contribution in [2.45, 2.75) is 12.5 Å². The average Bonchev–Trinajstić information content (AvgIpc) is 2.77. The van der Waals surface area contributed by atoms with Gasteiger partial charge < -0.3 is 15.1 Å². The Bertz CT molecular complexity index is 495. The first-order valence-electron chi connectivity index (χ1n) is 5.11. The predicted octanol–water partition coefficient (Wildman–Crippen LogP) is 1.20. The highest BCUT2D eigenvalue weighted by Gasteiger charge is 2.32. The molecule has 0 radical (unpaired) electrons. The fraction of sp³-hybridized carbons (Fsp3) is 0.167. The minimum absolute atomic E-state index is 0.102. The third-order valence-corrected chi connectivity index (χ3v) is 2.62. The highest BCUT2D eigenvalue weighted by molar-refractivity contribution is 5.99. The third-order valence-electron chi connectivity index (χ3n) is 2.62. The SMILES string of the molecule is O=C(O)C1CC=CN1C(=O)c1ccccc1O. The molecular weight excluding hydrogens is 222 g/mol. The zero-order valence-electron chi connectivity index (χ0n) is 8.91. The van der Waals surface area contributed by atoms with Gasteiger partial charge in [-0.3, -0.25) is 4.79 Å². The van der Waals surface area contributed by atoms with E-state index in [-0.39, 0.29) is 17.7 Å². The molecular formula is C12H11NO4.